The molecule has 0 radical (unpaired) electrons. The Hall–Kier alpha value is -3.75. The second kappa shape index (κ2) is 11.0. The van der Waals surface area contributed by atoms with E-state index in [0.29, 0.717) is 48.0 Å². The van der Waals surface area contributed by atoms with Crippen LogP contribution in [-0.4, -0.2) is 70.8 Å². The van der Waals surface area contributed by atoms with Gasteiger partial charge in [0.05, 0.1) is 19.2 Å². The van der Waals surface area contributed by atoms with Gasteiger partial charge in [-0.15, -0.1) is 0 Å². The predicted octanol–water partition coefficient (Wildman–Crippen LogP) is 4.16. The van der Waals surface area contributed by atoms with Crippen molar-refractivity contribution in [1.82, 2.24) is 30.8 Å². The highest BCUT2D eigenvalue weighted by molar-refractivity contribution is 5.93. The van der Waals surface area contributed by atoms with Crippen LogP contribution in [0, 0.1) is 12.8 Å². The smallest absolute Gasteiger partial charge is 0.410 e. The van der Waals surface area contributed by atoms with Crippen molar-refractivity contribution >= 4 is 23.0 Å². The zero-order valence-electron chi connectivity index (χ0n) is 21.7. The van der Waals surface area contributed by atoms with Crippen molar-refractivity contribution in [3.05, 3.63) is 41.0 Å². The van der Waals surface area contributed by atoms with E-state index < -0.39 is 49.0 Å². The maximum atomic E-state index is 13.9. The van der Waals surface area contributed by atoms with Crippen molar-refractivity contribution in [3.8, 4) is 0 Å². The third-order valence-corrected chi connectivity index (χ3v) is 7.44. The summed E-state index contributed by atoms with van der Waals surface area (Å²) in [6, 6.07) is 0.467. The quantitative estimate of drug-likeness (QED) is 0.387. The van der Waals surface area contributed by atoms with Gasteiger partial charge in [0.2, 0.25) is 5.89 Å². The number of hydrogen-bond donors (Lipinski definition) is 2. The Morgan fingerprint density at radius 2 is 2.00 bits per heavy atom. The number of nitrogens with zero attached hydrogens (tertiary/aromatic N) is 4. The molecule has 15 heteroatoms. The van der Waals surface area contributed by atoms with Crippen LogP contribution < -0.4 is 10.6 Å². The molecule has 216 valence electrons. The lowest BCUT2D eigenvalue weighted by Crippen LogP contribution is -2.40. The van der Waals surface area contributed by atoms with Crippen LogP contribution in [-0.2, 0) is 4.74 Å². The van der Waals surface area contributed by atoms with Crippen LogP contribution in [0.5, 0.6) is 0 Å². The first-order chi connectivity index (χ1) is 19.0. The van der Waals surface area contributed by atoms with E-state index >= 15 is 0 Å². The molecule has 2 N–H and O–H groups in total. The van der Waals surface area contributed by atoms with Gasteiger partial charge in [-0.05, 0) is 61.4 Å². The molecule has 3 aromatic rings. The zero-order chi connectivity index (χ0) is 28.6. The molecule has 1 aromatic carbocycles. The van der Waals surface area contributed by atoms with Gasteiger partial charge in [-0.1, -0.05) is 11.2 Å². The number of benzene rings is 1. The Morgan fingerprint density at radius 3 is 2.62 bits per heavy atom. The number of rotatable bonds is 8. The molecule has 3 amide bonds. The molecule has 0 bridgehead atoms. The molecule has 5 rings (SSSR count). The molecular weight excluding hydrogens is 540 g/mol. The molecule has 3 heterocycles. The minimum atomic E-state index is -4.59. The Labute approximate surface area is 225 Å². The van der Waals surface area contributed by atoms with Crippen LogP contribution in [0.15, 0.2) is 27.2 Å². The van der Waals surface area contributed by atoms with Gasteiger partial charge >= 0.3 is 12.2 Å². The molecule has 3 unspecified atom stereocenters. The van der Waals surface area contributed by atoms with E-state index in [1.165, 1.54) is 7.11 Å². The summed E-state index contributed by atoms with van der Waals surface area (Å²) in [5.41, 5.74) is 1.54. The third-order valence-electron chi connectivity index (χ3n) is 7.44. The van der Waals surface area contributed by atoms with E-state index in [2.05, 4.69) is 25.2 Å². The van der Waals surface area contributed by atoms with Gasteiger partial charge in [0.25, 0.3) is 5.91 Å². The maximum absolute atomic E-state index is 13.9. The topological polar surface area (TPSA) is 136 Å². The average Bonchev–Trinajstić information content (AvgIpc) is 3.63. The van der Waals surface area contributed by atoms with Gasteiger partial charge in [-0.25, -0.2) is 18.8 Å². The molecule has 2 aromatic heterocycles. The zero-order valence-corrected chi connectivity index (χ0v) is 21.7. The first-order valence-electron chi connectivity index (χ1n) is 12.8. The van der Waals surface area contributed by atoms with Crippen molar-refractivity contribution in [2.24, 2.45) is 5.92 Å². The van der Waals surface area contributed by atoms with Crippen molar-refractivity contribution in [3.63, 3.8) is 0 Å². The van der Waals surface area contributed by atoms with Gasteiger partial charge in [0, 0.05) is 7.11 Å². The SMILES string of the molecule is COCC(c1ccc2oc(C(NC(=O)c3nonc3C)C3CCC(F)CC3)nc2c1)N1CC(C(F)(F)F)NC1=O. The van der Waals surface area contributed by atoms with Crippen molar-refractivity contribution in [2.45, 2.75) is 63.1 Å². The molecule has 0 spiro atoms. The lowest BCUT2D eigenvalue weighted by molar-refractivity contribution is -0.150. The second-order valence-electron chi connectivity index (χ2n) is 10.1. The summed E-state index contributed by atoms with van der Waals surface area (Å²) in [5.74, 6) is -0.526. The minimum absolute atomic E-state index is 0.00559. The number of alkyl halides is 4. The van der Waals surface area contributed by atoms with Gasteiger partial charge in [0.1, 0.15) is 29.5 Å². The molecule has 11 nitrogen and oxygen atoms in total. The molecular formula is C25H28F4N6O5. The van der Waals surface area contributed by atoms with E-state index in [0.717, 1.165) is 4.90 Å². The number of carbonyl (C=O) groups is 2. The van der Waals surface area contributed by atoms with Crippen LogP contribution >= 0.6 is 0 Å². The monoisotopic (exact) mass is 568 g/mol. The first kappa shape index (κ1) is 27.8. The van der Waals surface area contributed by atoms with E-state index in [1.807, 2.05) is 5.32 Å². The lowest BCUT2D eigenvalue weighted by Gasteiger charge is -2.30. The Kier molecular flexibility index (Phi) is 7.66. The first-order valence-corrected chi connectivity index (χ1v) is 12.8. The number of hydrogen-bond acceptors (Lipinski definition) is 8. The highest BCUT2D eigenvalue weighted by Crippen LogP contribution is 2.37. The molecule has 1 saturated heterocycles. The van der Waals surface area contributed by atoms with Crippen molar-refractivity contribution in [1.29, 1.82) is 0 Å². The predicted molar refractivity (Wildman–Crippen MR) is 130 cm³/mol. The standard InChI is InChI=1S/C25H28F4N6O5/c1-12-20(34-40-33-12)22(36)32-21(13-3-6-15(26)7-4-13)23-30-16-9-14(5-8-18(16)39-23)17(11-38-2)35-10-19(25(27,28)29)31-24(35)37/h5,8-9,13,15,17,19,21H,3-4,6-7,10-11H2,1-2H3,(H,31,37)(H,32,36). The number of methoxy groups -OCH3 is 1. The number of fused-ring (bicyclic) bond motifs is 1. The fourth-order valence-electron chi connectivity index (χ4n) is 5.28. The van der Waals surface area contributed by atoms with Gasteiger partial charge in [0.15, 0.2) is 11.3 Å². The third kappa shape index (κ3) is 5.60. The minimum Gasteiger partial charge on any atom is -0.438 e. The highest BCUT2D eigenvalue weighted by Gasteiger charge is 2.48. The number of amides is 3. The molecule has 40 heavy (non-hydrogen) atoms. The number of ether oxygens (including phenoxy) is 1. The fourth-order valence-corrected chi connectivity index (χ4v) is 5.28. The number of aromatic nitrogens is 3. The largest absolute Gasteiger partial charge is 0.438 e. The van der Waals surface area contributed by atoms with Crippen LogP contribution in [0.4, 0.5) is 22.4 Å². The molecule has 2 fully saturated rings. The van der Waals surface area contributed by atoms with Crippen molar-refractivity contribution in [2.75, 3.05) is 20.3 Å². The number of halogens is 4. The average molecular weight is 569 g/mol. The lowest BCUT2D eigenvalue weighted by atomic mass is 9.83. The molecule has 3 atom stereocenters. The summed E-state index contributed by atoms with van der Waals surface area (Å²) in [7, 11) is 1.39. The second-order valence-corrected chi connectivity index (χ2v) is 10.1. The van der Waals surface area contributed by atoms with E-state index in [4.69, 9.17) is 9.15 Å². The van der Waals surface area contributed by atoms with Gasteiger partial charge < -0.3 is 24.7 Å². The van der Waals surface area contributed by atoms with Crippen molar-refractivity contribution < 1.29 is 40.9 Å². The summed E-state index contributed by atoms with van der Waals surface area (Å²) >= 11 is 0. The molecule has 1 saturated carbocycles. The van der Waals surface area contributed by atoms with Gasteiger partial charge in [-0.3, -0.25) is 4.79 Å². The van der Waals surface area contributed by atoms with E-state index in [-0.39, 0.29) is 24.1 Å². The molecule has 2 aliphatic rings. The molecule has 1 aliphatic carbocycles. The Morgan fingerprint density at radius 1 is 1.25 bits per heavy atom. The number of nitrogens with one attached hydrogen (secondary N) is 2. The molecule has 1 aliphatic heterocycles. The summed E-state index contributed by atoms with van der Waals surface area (Å²) in [6.45, 7) is 0.953. The van der Waals surface area contributed by atoms with Crippen LogP contribution in [0.2, 0.25) is 0 Å². The summed E-state index contributed by atoms with van der Waals surface area (Å²) in [5, 5.41) is 12.1. The summed E-state index contributed by atoms with van der Waals surface area (Å²) in [4.78, 5) is 31.1. The summed E-state index contributed by atoms with van der Waals surface area (Å²) in [6.07, 6.45) is -3.85. The Bertz CT molecular complexity index is 1370. The highest BCUT2D eigenvalue weighted by atomic mass is 19.4. The van der Waals surface area contributed by atoms with Gasteiger partial charge in [-0.2, -0.15) is 13.2 Å². The van der Waals surface area contributed by atoms with E-state index in [9.17, 15) is 27.2 Å². The van der Waals surface area contributed by atoms with Crippen LogP contribution in [0.1, 0.15) is 65.4 Å². The fraction of sp³-hybridized carbons (Fsp3) is 0.560. The normalized spacial score (nSPS) is 23.3. The maximum Gasteiger partial charge on any atom is 0.410 e. The Balaban J connectivity index is 1.44. The summed E-state index contributed by atoms with van der Waals surface area (Å²) < 4.78 is 69.6. The number of oxazole rings is 1. The number of urea groups is 1. The number of carbonyl (C=O) groups excluding carboxylic acids is 2. The van der Waals surface area contributed by atoms with Crippen LogP contribution in [0.3, 0.4) is 0 Å². The number of aryl methyl sites for hydroxylation is 1. The van der Waals surface area contributed by atoms with Crippen LogP contribution in [0.25, 0.3) is 11.1 Å². The van der Waals surface area contributed by atoms with E-state index in [1.54, 1.807) is 25.1 Å².